The lowest BCUT2D eigenvalue weighted by atomic mass is 10.2. The smallest absolute Gasteiger partial charge is 0.238 e. The fraction of sp³-hybridized carbons (Fsp3) is 0.222. The van der Waals surface area contributed by atoms with Crippen molar-refractivity contribution in [3.8, 4) is 0 Å². The molecule has 7 heteroatoms. The van der Waals surface area contributed by atoms with E-state index in [2.05, 4.69) is 10.6 Å². The lowest BCUT2D eigenvalue weighted by molar-refractivity contribution is -0.123. The normalized spacial score (nSPS) is 10.6. The Labute approximate surface area is 150 Å². The summed E-state index contributed by atoms with van der Waals surface area (Å²) in [4.78, 5) is 25.4. The van der Waals surface area contributed by atoms with Crippen LogP contribution in [0.3, 0.4) is 0 Å². The number of carbonyl (C=O) groups is 2. The number of nitrogens with zero attached hydrogens (tertiary/aromatic N) is 1. The fourth-order valence-electron chi connectivity index (χ4n) is 2.22. The minimum Gasteiger partial charge on any atom is -0.351 e. The Balaban J connectivity index is 1.74. The third kappa shape index (κ3) is 6.91. The molecule has 0 radical (unpaired) electrons. The fourth-order valence-corrected chi connectivity index (χ4v) is 2.43. The van der Waals surface area contributed by atoms with Crippen molar-refractivity contribution in [2.45, 2.75) is 6.54 Å². The number of likely N-dealkylation sites (N-methyl/N-ethyl adjacent to an activating group) is 1. The van der Waals surface area contributed by atoms with Gasteiger partial charge < -0.3 is 10.6 Å². The zero-order chi connectivity index (χ0) is 18.2. The van der Waals surface area contributed by atoms with Gasteiger partial charge in [0.1, 0.15) is 5.82 Å². The molecule has 2 N–H and O–H groups in total. The van der Waals surface area contributed by atoms with E-state index in [0.717, 1.165) is 5.56 Å². The molecule has 0 spiro atoms. The van der Waals surface area contributed by atoms with Gasteiger partial charge in [-0.25, -0.2) is 4.39 Å². The first-order chi connectivity index (χ1) is 11.9. The van der Waals surface area contributed by atoms with Crippen molar-refractivity contribution in [1.82, 2.24) is 10.2 Å². The van der Waals surface area contributed by atoms with Gasteiger partial charge in [0.05, 0.1) is 13.1 Å². The number of rotatable bonds is 7. The molecule has 2 aromatic rings. The maximum atomic E-state index is 13.1. The molecule has 0 saturated heterocycles. The lowest BCUT2D eigenvalue weighted by Gasteiger charge is -2.16. The predicted molar refractivity (Wildman–Crippen MR) is 95.8 cm³/mol. The maximum absolute atomic E-state index is 13.1. The number of anilines is 1. The number of nitrogens with one attached hydrogen (secondary N) is 2. The van der Waals surface area contributed by atoms with Crippen LogP contribution in [0.15, 0.2) is 48.5 Å². The Kier molecular flexibility index (Phi) is 6.91. The van der Waals surface area contributed by atoms with E-state index in [1.54, 1.807) is 30.1 Å². The van der Waals surface area contributed by atoms with Crippen molar-refractivity contribution in [3.63, 3.8) is 0 Å². The predicted octanol–water partition coefficient (Wildman–Crippen LogP) is 2.67. The maximum Gasteiger partial charge on any atom is 0.238 e. The number of carbonyl (C=O) groups excluding carboxylic acids is 2. The summed E-state index contributed by atoms with van der Waals surface area (Å²) in [5.74, 6) is -0.955. The molecule has 0 aliphatic heterocycles. The monoisotopic (exact) mass is 363 g/mol. The molecular weight excluding hydrogens is 345 g/mol. The molecule has 25 heavy (non-hydrogen) atoms. The summed E-state index contributed by atoms with van der Waals surface area (Å²) in [6, 6.07) is 12.9. The third-order valence-corrected chi connectivity index (χ3v) is 3.55. The highest BCUT2D eigenvalue weighted by Crippen LogP contribution is 2.10. The molecule has 2 amide bonds. The second-order valence-electron chi connectivity index (χ2n) is 5.64. The van der Waals surface area contributed by atoms with Crippen LogP contribution in [0.1, 0.15) is 5.56 Å². The summed E-state index contributed by atoms with van der Waals surface area (Å²) in [5, 5.41) is 5.96. The van der Waals surface area contributed by atoms with E-state index in [0.29, 0.717) is 17.3 Å². The largest absolute Gasteiger partial charge is 0.351 e. The van der Waals surface area contributed by atoms with Crippen molar-refractivity contribution in [3.05, 3.63) is 64.9 Å². The van der Waals surface area contributed by atoms with Gasteiger partial charge in [0.2, 0.25) is 11.8 Å². The van der Waals surface area contributed by atoms with Crippen LogP contribution in [0.25, 0.3) is 0 Å². The Morgan fingerprint density at radius 1 is 1.08 bits per heavy atom. The van der Waals surface area contributed by atoms with Crippen LogP contribution >= 0.6 is 11.6 Å². The van der Waals surface area contributed by atoms with E-state index < -0.39 is 5.82 Å². The van der Waals surface area contributed by atoms with Gasteiger partial charge in [0, 0.05) is 17.3 Å². The van der Waals surface area contributed by atoms with Crippen LogP contribution < -0.4 is 10.6 Å². The van der Waals surface area contributed by atoms with Crippen LogP contribution in [0, 0.1) is 5.82 Å². The van der Waals surface area contributed by atoms with E-state index in [9.17, 15) is 14.0 Å². The molecule has 2 rings (SSSR count). The highest BCUT2D eigenvalue weighted by molar-refractivity contribution is 6.30. The van der Waals surface area contributed by atoms with Crippen LogP contribution in [0.2, 0.25) is 5.02 Å². The van der Waals surface area contributed by atoms with Gasteiger partial charge in [0.15, 0.2) is 0 Å². The van der Waals surface area contributed by atoms with Gasteiger partial charge in [-0.3, -0.25) is 14.5 Å². The van der Waals surface area contributed by atoms with Crippen LogP contribution in [-0.4, -0.2) is 36.9 Å². The first kappa shape index (κ1) is 18.9. The molecule has 0 fully saturated rings. The van der Waals surface area contributed by atoms with Crippen molar-refractivity contribution in [2.24, 2.45) is 0 Å². The molecule has 0 aromatic heterocycles. The minimum absolute atomic E-state index is 0.0150. The molecule has 132 valence electrons. The zero-order valence-corrected chi connectivity index (χ0v) is 14.5. The summed E-state index contributed by atoms with van der Waals surface area (Å²) >= 11 is 5.89. The Morgan fingerprint density at radius 2 is 1.80 bits per heavy atom. The molecule has 2 aromatic carbocycles. The number of benzene rings is 2. The Hall–Kier alpha value is -2.44. The highest BCUT2D eigenvalue weighted by Gasteiger charge is 2.11. The van der Waals surface area contributed by atoms with Gasteiger partial charge in [-0.15, -0.1) is 0 Å². The van der Waals surface area contributed by atoms with E-state index in [-0.39, 0.29) is 24.9 Å². The summed E-state index contributed by atoms with van der Waals surface area (Å²) in [5.41, 5.74) is 1.27. The summed E-state index contributed by atoms with van der Waals surface area (Å²) in [6.07, 6.45) is 0. The van der Waals surface area contributed by atoms with E-state index in [1.165, 1.54) is 18.2 Å². The average Bonchev–Trinajstić information content (AvgIpc) is 2.52. The SMILES string of the molecule is CN(CC(=O)NCc1cccc(Cl)c1)CC(=O)Nc1cccc(F)c1. The summed E-state index contributed by atoms with van der Waals surface area (Å²) in [6.45, 7) is 0.445. The van der Waals surface area contributed by atoms with Gasteiger partial charge in [-0.05, 0) is 42.9 Å². The first-order valence-corrected chi connectivity index (χ1v) is 8.05. The third-order valence-electron chi connectivity index (χ3n) is 3.31. The average molecular weight is 364 g/mol. The second kappa shape index (κ2) is 9.15. The number of amides is 2. The van der Waals surface area contributed by atoms with Crippen LogP contribution in [0.5, 0.6) is 0 Å². The molecular formula is C18H19ClFN3O2. The van der Waals surface area contributed by atoms with Crippen molar-refractivity contribution < 1.29 is 14.0 Å². The molecule has 5 nitrogen and oxygen atoms in total. The molecule has 0 heterocycles. The van der Waals surface area contributed by atoms with Gasteiger partial charge in [-0.2, -0.15) is 0 Å². The first-order valence-electron chi connectivity index (χ1n) is 7.67. The molecule has 0 atom stereocenters. The molecule has 0 unspecified atom stereocenters. The molecule has 0 bridgehead atoms. The quantitative estimate of drug-likeness (QED) is 0.795. The minimum atomic E-state index is -0.424. The van der Waals surface area contributed by atoms with Gasteiger partial charge in [-0.1, -0.05) is 29.8 Å². The van der Waals surface area contributed by atoms with Crippen LogP contribution in [0.4, 0.5) is 10.1 Å². The van der Waals surface area contributed by atoms with Crippen molar-refractivity contribution in [1.29, 1.82) is 0 Å². The van der Waals surface area contributed by atoms with Gasteiger partial charge >= 0.3 is 0 Å². The van der Waals surface area contributed by atoms with Crippen molar-refractivity contribution >= 4 is 29.1 Å². The summed E-state index contributed by atoms with van der Waals surface area (Å²) < 4.78 is 13.1. The number of hydrogen-bond acceptors (Lipinski definition) is 3. The Bertz CT molecular complexity index is 755. The number of hydrogen-bond donors (Lipinski definition) is 2. The second-order valence-corrected chi connectivity index (χ2v) is 6.07. The lowest BCUT2D eigenvalue weighted by Crippen LogP contribution is -2.38. The van der Waals surface area contributed by atoms with E-state index >= 15 is 0 Å². The van der Waals surface area contributed by atoms with Crippen LogP contribution in [-0.2, 0) is 16.1 Å². The number of halogens is 2. The molecule has 0 aliphatic carbocycles. The zero-order valence-electron chi connectivity index (χ0n) is 13.8. The topological polar surface area (TPSA) is 61.4 Å². The van der Waals surface area contributed by atoms with E-state index in [1.807, 2.05) is 12.1 Å². The standard InChI is InChI=1S/C18H19ClFN3O2/c1-23(12-18(25)22-16-7-3-6-15(20)9-16)11-17(24)21-10-13-4-2-5-14(19)8-13/h2-9H,10-12H2,1H3,(H,21,24)(H,22,25). The van der Waals surface area contributed by atoms with Crippen molar-refractivity contribution in [2.75, 3.05) is 25.5 Å². The Morgan fingerprint density at radius 3 is 2.52 bits per heavy atom. The highest BCUT2D eigenvalue weighted by atomic mass is 35.5. The van der Waals surface area contributed by atoms with E-state index in [4.69, 9.17) is 11.6 Å². The molecule has 0 saturated carbocycles. The van der Waals surface area contributed by atoms with Gasteiger partial charge in [0.25, 0.3) is 0 Å². The molecule has 0 aliphatic rings. The summed E-state index contributed by atoms with van der Waals surface area (Å²) in [7, 11) is 1.66.